The van der Waals surface area contributed by atoms with E-state index in [2.05, 4.69) is 4.98 Å². The van der Waals surface area contributed by atoms with E-state index in [1.165, 1.54) is 0 Å². The Bertz CT molecular complexity index is 370. The highest BCUT2D eigenvalue weighted by Crippen LogP contribution is 2.22. The molecule has 2 rings (SSSR count). The van der Waals surface area contributed by atoms with Gasteiger partial charge in [0.05, 0.1) is 11.2 Å². The van der Waals surface area contributed by atoms with E-state index in [0.29, 0.717) is 16.5 Å². The Balaban J connectivity index is 2.72. The number of furan rings is 1. The first-order valence-electron chi connectivity index (χ1n) is 3.03. The van der Waals surface area contributed by atoms with Crippen LogP contribution in [-0.2, 0) is 0 Å². The van der Waals surface area contributed by atoms with Crippen LogP contribution in [0.25, 0.3) is 11.1 Å². The maximum atomic E-state index is 10.3. The summed E-state index contributed by atoms with van der Waals surface area (Å²) < 4.78 is 5.03. The van der Waals surface area contributed by atoms with Crippen molar-refractivity contribution in [3.05, 3.63) is 23.0 Å². The molecule has 56 valence electrons. The first-order chi connectivity index (χ1) is 5.29. The summed E-state index contributed by atoms with van der Waals surface area (Å²) >= 11 is 5.54. The van der Waals surface area contributed by atoms with Gasteiger partial charge in [0.2, 0.25) is 0 Å². The fraction of sp³-hybridized carbons (Fsp3) is 0. The number of hydrogen-bond donors (Lipinski definition) is 1. The summed E-state index contributed by atoms with van der Waals surface area (Å²) in [5.41, 5.74) is 1.85. The number of fused-ring (bicyclic) bond motifs is 1. The number of nitrogens with one attached hydrogen (secondary N) is 1. The van der Waals surface area contributed by atoms with Gasteiger partial charge in [0.25, 0.3) is 0 Å². The molecule has 0 saturated carbocycles. The summed E-state index contributed by atoms with van der Waals surface area (Å²) in [6.45, 7) is 0. The maximum absolute atomic E-state index is 10.3. The summed E-state index contributed by atoms with van der Waals surface area (Å²) in [6.07, 6.45) is 0.726. The van der Waals surface area contributed by atoms with E-state index in [-0.39, 0.29) is 0 Å². The van der Waals surface area contributed by atoms with E-state index in [9.17, 15) is 4.79 Å². The fourth-order valence-corrected chi connectivity index (χ4v) is 1.17. The predicted octanol–water partition coefficient (Wildman–Crippen LogP) is 2.23. The van der Waals surface area contributed by atoms with Gasteiger partial charge in [-0.3, -0.25) is 4.79 Å². The monoisotopic (exact) mass is 169 g/mol. The Morgan fingerprint density at radius 2 is 2.36 bits per heavy atom. The lowest BCUT2D eigenvalue weighted by molar-refractivity contribution is 0.111. The van der Waals surface area contributed by atoms with Crippen molar-refractivity contribution in [3.8, 4) is 0 Å². The van der Waals surface area contributed by atoms with Crippen molar-refractivity contribution in [1.29, 1.82) is 0 Å². The van der Waals surface area contributed by atoms with Gasteiger partial charge < -0.3 is 9.40 Å². The second-order valence-corrected chi connectivity index (χ2v) is 2.54. The van der Waals surface area contributed by atoms with E-state index < -0.39 is 0 Å². The lowest BCUT2D eigenvalue weighted by Gasteiger charge is -1.76. The third kappa shape index (κ3) is 0.935. The molecule has 0 bridgehead atoms. The van der Waals surface area contributed by atoms with Crippen molar-refractivity contribution in [2.24, 2.45) is 0 Å². The summed E-state index contributed by atoms with van der Waals surface area (Å²) in [7, 11) is 0. The molecule has 0 amide bonds. The standard InChI is InChI=1S/C7H4ClNO2/c8-7-2-5-6(11-7)1-4(3-10)9-5/h1-3,9H. The van der Waals surface area contributed by atoms with Crippen molar-refractivity contribution in [2.45, 2.75) is 0 Å². The second-order valence-electron chi connectivity index (χ2n) is 2.17. The van der Waals surface area contributed by atoms with Crippen molar-refractivity contribution in [3.63, 3.8) is 0 Å². The van der Waals surface area contributed by atoms with E-state index in [1.807, 2.05) is 0 Å². The summed E-state index contributed by atoms with van der Waals surface area (Å²) in [5.74, 6) is 0. The molecule has 1 N–H and O–H groups in total. The van der Waals surface area contributed by atoms with E-state index >= 15 is 0 Å². The predicted molar refractivity (Wildman–Crippen MR) is 41.0 cm³/mol. The number of hydrogen-bond acceptors (Lipinski definition) is 2. The van der Waals surface area contributed by atoms with E-state index in [4.69, 9.17) is 16.0 Å². The fourth-order valence-electron chi connectivity index (χ4n) is 0.975. The van der Waals surface area contributed by atoms with Crippen LogP contribution in [0.2, 0.25) is 5.22 Å². The van der Waals surface area contributed by atoms with Gasteiger partial charge in [0, 0.05) is 12.1 Å². The lowest BCUT2D eigenvalue weighted by Crippen LogP contribution is -1.74. The quantitative estimate of drug-likeness (QED) is 0.666. The molecule has 0 aliphatic rings. The number of rotatable bonds is 1. The SMILES string of the molecule is O=Cc1cc2oc(Cl)cc2[nH]1. The van der Waals surface area contributed by atoms with Crippen LogP contribution in [0.1, 0.15) is 10.5 Å². The van der Waals surface area contributed by atoms with Gasteiger partial charge in [-0.05, 0) is 11.6 Å². The van der Waals surface area contributed by atoms with Crippen LogP contribution in [0.4, 0.5) is 0 Å². The molecule has 0 fully saturated rings. The molecule has 0 spiro atoms. The molecule has 4 heteroatoms. The van der Waals surface area contributed by atoms with Crippen LogP contribution in [0.3, 0.4) is 0 Å². The highest BCUT2D eigenvalue weighted by atomic mass is 35.5. The van der Waals surface area contributed by atoms with Crippen molar-refractivity contribution < 1.29 is 9.21 Å². The third-order valence-corrected chi connectivity index (χ3v) is 1.61. The van der Waals surface area contributed by atoms with Gasteiger partial charge in [-0.25, -0.2) is 0 Å². The molecule has 11 heavy (non-hydrogen) atoms. The molecule has 0 saturated heterocycles. The van der Waals surface area contributed by atoms with Crippen LogP contribution in [0.5, 0.6) is 0 Å². The summed E-state index contributed by atoms with van der Waals surface area (Å²) in [4.78, 5) is 13.1. The zero-order valence-electron chi connectivity index (χ0n) is 5.43. The van der Waals surface area contributed by atoms with Gasteiger partial charge in [-0.1, -0.05) is 0 Å². The number of carbonyl (C=O) groups excluding carboxylic acids is 1. The molecule has 0 aromatic carbocycles. The topological polar surface area (TPSA) is 46.0 Å². The highest BCUT2D eigenvalue weighted by Gasteiger charge is 2.04. The molecular formula is C7H4ClNO2. The Kier molecular flexibility index (Phi) is 1.26. The summed E-state index contributed by atoms with van der Waals surface area (Å²) in [6, 6.07) is 3.23. The van der Waals surface area contributed by atoms with E-state index in [1.54, 1.807) is 12.1 Å². The second kappa shape index (κ2) is 2.13. The van der Waals surface area contributed by atoms with Crippen molar-refractivity contribution in [2.75, 3.05) is 0 Å². The molecule has 0 atom stereocenters. The largest absolute Gasteiger partial charge is 0.443 e. The maximum Gasteiger partial charge on any atom is 0.196 e. The van der Waals surface area contributed by atoms with Crippen LogP contribution in [-0.4, -0.2) is 11.3 Å². The first-order valence-corrected chi connectivity index (χ1v) is 3.40. The average molecular weight is 170 g/mol. The number of H-pyrrole nitrogens is 1. The Morgan fingerprint density at radius 1 is 1.55 bits per heavy atom. The van der Waals surface area contributed by atoms with Crippen molar-refractivity contribution >= 4 is 29.0 Å². The first kappa shape index (κ1) is 6.49. The Morgan fingerprint density at radius 3 is 3.00 bits per heavy atom. The van der Waals surface area contributed by atoms with Gasteiger partial charge in [-0.15, -0.1) is 0 Å². The van der Waals surface area contributed by atoms with E-state index in [0.717, 1.165) is 11.8 Å². The minimum absolute atomic E-state index is 0.323. The minimum Gasteiger partial charge on any atom is -0.443 e. The average Bonchev–Trinajstić information content (AvgIpc) is 2.43. The van der Waals surface area contributed by atoms with Crippen LogP contribution >= 0.6 is 11.6 Å². The lowest BCUT2D eigenvalue weighted by atomic mass is 10.4. The molecule has 0 radical (unpaired) electrons. The zero-order valence-corrected chi connectivity index (χ0v) is 6.18. The highest BCUT2D eigenvalue weighted by molar-refractivity contribution is 6.29. The molecule has 2 heterocycles. The normalized spacial score (nSPS) is 10.6. The molecule has 0 aliphatic carbocycles. The molecule has 0 unspecified atom stereocenters. The Hall–Kier alpha value is -1.22. The molecule has 2 aromatic rings. The van der Waals surface area contributed by atoms with Crippen LogP contribution in [0.15, 0.2) is 16.5 Å². The van der Waals surface area contributed by atoms with Gasteiger partial charge in [0.1, 0.15) is 0 Å². The molecule has 3 nitrogen and oxygen atoms in total. The van der Waals surface area contributed by atoms with Gasteiger partial charge in [-0.2, -0.15) is 0 Å². The van der Waals surface area contributed by atoms with Crippen LogP contribution in [0, 0.1) is 0 Å². The van der Waals surface area contributed by atoms with Gasteiger partial charge >= 0.3 is 0 Å². The van der Waals surface area contributed by atoms with Gasteiger partial charge in [0.15, 0.2) is 17.1 Å². The smallest absolute Gasteiger partial charge is 0.196 e. The molecular weight excluding hydrogens is 166 g/mol. The Labute approximate surface area is 66.9 Å². The molecule has 0 aliphatic heterocycles. The van der Waals surface area contributed by atoms with Crippen molar-refractivity contribution in [1.82, 2.24) is 4.98 Å². The summed E-state index contributed by atoms with van der Waals surface area (Å²) in [5, 5.41) is 0.323. The zero-order chi connectivity index (χ0) is 7.84. The number of aromatic nitrogens is 1. The molecule has 2 aromatic heterocycles. The number of aldehydes is 1. The number of aromatic amines is 1. The third-order valence-electron chi connectivity index (χ3n) is 1.42. The number of halogens is 1. The minimum atomic E-state index is 0.323. The number of carbonyl (C=O) groups is 1. The van der Waals surface area contributed by atoms with Crippen LogP contribution < -0.4 is 0 Å².